The fourth-order valence-electron chi connectivity index (χ4n) is 3.01. The number of unbranched alkanes of at least 4 members (excludes halogenated alkanes) is 1. The molecule has 0 saturated carbocycles. The zero-order valence-electron chi connectivity index (χ0n) is 14.5. The molecule has 0 spiro atoms. The van der Waals surface area contributed by atoms with Crippen LogP contribution in [0.3, 0.4) is 0 Å². The molecule has 126 valence electrons. The Morgan fingerprint density at radius 3 is 2.78 bits per heavy atom. The summed E-state index contributed by atoms with van der Waals surface area (Å²) in [5.41, 5.74) is 2.04. The summed E-state index contributed by atoms with van der Waals surface area (Å²) in [7, 11) is 0. The van der Waals surface area contributed by atoms with Crippen molar-refractivity contribution >= 4 is 17.5 Å². The van der Waals surface area contributed by atoms with Gasteiger partial charge >= 0.3 is 0 Å². The number of para-hydroxylation sites is 1. The Morgan fingerprint density at radius 2 is 2.09 bits per heavy atom. The molecule has 1 aromatic rings. The van der Waals surface area contributed by atoms with E-state index < -0.39 is 0 Å². The third-order valence-electron chi connectivity index (χ3n) is 4.73. The normalized spacial score (nSPS) is 19.0. The third-order valence-corrected chi connectivity index (χ3v) is 4.73. The molecule has 0 aromatic heterocycles. The number of nitrogens with one attached hydrogen (secondary N) is 1. The fourth-order valence-corrected chi connectivity index (χ4v) is 3.01. The van der Waals surface area contributed by atoms with Crippen molar-refractivity contribution in [1.82, 2.24) is 4.90 Å². The smallest absolute Gasteiger partial charge is 0.229 e. The van der Waals surface area contributed by atoms with E-state index in [4.69, 9.17) is 0 Å². The molecule has 1 saturated heterocycles. The van der Waals surface area contributed by atoms with E-state index in [9.17, 15) is 9.59 Å². The maximum absolute atomic E-state index is 12.6. The van der Waals surface area contributed by atoms with E-state index in [0.29, 0.717) is 18.9 Å². The number of benzene rings is 1. The summed E-state index contributed by atoms with van der Waals surface area (Å²) in [6, 6.07) is 7.96. The first-order valence-electron chi connectivity index (χ1n) is 8.74. The molecule has 1 aliphatic heterocycles. The predicted molar refractivity (Wildman–Crippen MR) is 93.4 cm³/mol. The molecule has 4 heteroatoms. The van der Waals surface area contributed by atoms with Crippen LogP contribution in [0.25, 0.3) is 0 Å². The summed E-state index contributed by atoms with van der Waals surface area (Å²) in [6.07, 6.45) is 3.42. The Bertz CT molecular complexity index is 556. The summed E-state index contributed by atoms with van der Waals surface area (Å²) in [6.45, 7) is 7.73. The Kier molecular flexibility index (Phi) is 6.20. The maximum Gasteiger partial charge on any atom is 0.229 e. The average Bonchev–Trinajstić information content (AvgIpc) is 2.93. The van der Waals surface area contributed by atoms with E-state index in [1.807, 2.05) is 23.1 Å². The van der Waals surface area contributed by atoms with Gasteiger partial charge in [-0.3, -0.25) is 9.59 Å². The quantitative estimate of drug-likeness (QED) is 0.832. The molecule has 2 atom stereocenters. The molecule has 0 radical (unpaired) electrons. The summed E-state index contributed by atoms with van der Waals surface area (Å²) in [5, 5.41) is 3.05. The van der Waals surface area contributed by atoms with Gasteiger partial charge in [-0.2, -0.15) is 0 Å². The van der Waals surface area contributed by atoms with Crippen molar-refractivity contribution in [2.24, 2.45) is 5.92 Å². The number of nitrogens with zero attached hydrogens (tertiary/aromatic N) is 1. The highest BCUT2D eigenvalue weighted by Crippen LogP contribution is 2.28. The van der Waals surface area contributed by atoms with Crippen LogP contribution in [0.5, 0.6) is 0 Å². The van der Waals surface area contributed by atoms with Gasteiger partial charge in [0.1, 0.15) is 0 Å². The molecule has 1 heterocycles. The van der Waals surface area contributed by atoms with Crippen LogP contribution in [-0.4, -0.2) is 29.8 Å². The van der Waals surface area contributed by atoms with E-state index in [1.54, 1.807) is 0 Å². The highest BCUT2D eigenvalue weighted by atomic mass is 16.2. The number of carbonyl (C=O) groups is 2. The summed E-state index contributed by atoms with van der Waals surface area (Å²) < 4.78 is 0. The van der Waals surface area contributed by atoms with Gasteiger partial charge in [0.25, 0.3) is 0 Å². The minimum atomic E-state index is -0.232. The molecular weight excluding hydrogens is 288 g/mol. The zero-order valence-corrected chi connectivity index (χ0v) is 14.5. The number of hydrogen-bond donors (Lipinski definition) is 1. The Labute approximate surface area is 139 Å². The van der Waals surface area contributed by atoms with Gasteiger partial charge in [-0.25, -0.2) is 0 Å². The van der Waals surface area contributed by atoms with Crippen molar-refractivity contribution in [3.8, 4) is 0 Å². The van der Waals surface area contributed by atoms with E-state index in [1.165, 1.54) is 0 Å². The molecule has 4 nitrogen and oxygen atoms in total. The minimum absolute atomic E-state index is 0.0342. The monoisotopic (exact) mass is 316 g/mol. The number of amides is 2. The van der Waals surface area contributed by atoms with Crippen molar-refractivity contribution in [3.63, 3.8) is 0 Å². The van der Waals surface area contributed by atoms with Crippen LogP contribution < -0.4 is 5.32 Å². The van der Waals surface area contributed by atoms with Crippen molar-refractivity contribution < 1.29 is 9.59 Å². The van der Waals surface area contributed by atoms with Crippen LogP contribution in [0, 0.1) is 5.92 Å². The SMILES string of the molecule is CCCCN1C[C@H](C(=O)Nc2ccccc2[C@H](C)CC)CC1=O. The number of likely N-dealkylation sites (tertiary alicyclic amines) is 1. The standard InChI is InChI=1S/C19H28N2O2/c1-4-6-11-21-13-15(12-18(21)22)19(23)20-17-10-8-7-9-16(17)14(3)5-2/h7-10,14-15H,4-6,11-13H2,1-3H3,(H,20,23)/t14-,15-/m1/s1. The summed E-state index contributed by atoms with van der Waals surface area (Å²) >= 11 is 0. The highest BCUT2D eigenvalue weighted by molar-refractivity contribution is 5.97. The van der Waals surface area contributed by atoms with E-state index >= 15 is 0 Å². The Morgan fingerprint density at radius 1 is 1.35 bits per heavy atom. The molecule has 1 aromatic carbocycles. The number of anilines is 1. The van der Waals surface area contributed by atoms with Gasteiger partial charge in [0.15, 0.2) is 0 Å². The molecule has 0 aliphatic carbocycles. The van der Waals surface area contributed by atoms with Crippen molar-refractivity contribution in [2.45, 2.75) is 52.4 Å². The van der Waals surface area contributed by atoms with E-state index in [-0.39, 0.29) is 17.7 Å². The lowest BCUT2D eigenvalue weighted by atomic mass is 9.96. The second-order valence-corrected chi connectivity index (χ2v) is 6.48. The van der Waals surface area contributed by atoms with Crippen molar-refractivity contribution in [2.75, 3.05) is 18.4 Å². The van der Waals surface area contributed by atoms with Gasteiger partial charge in [0.2, 0.25) is 11.8 Å². The van der Waals surface area contributed by atoms with Crippen LogP contribution in [0.1, 0.15) is 57.9 Å². The first kappa shape index (κ1) is 17.5. The highest BCUT2D eigenvalue weighted by Gasteiger charge is 2.34. The van der Waals surface area contributed by atoms with Crippen molar-refractivity contribution in [1.29, 1.82) is 0 Å². The minimum Gasteiger partial charge on any atom is -0.342 e. The lowest BCUT2D eigenvalue weighted by Gasteiger charge is -2.18. The molecule has 1 fully saturated rings. The van der Waals surface area contributed by atoms with Gasteiger partial charge in [0, 0.05) is 25.2 Å². The van der Waals surface area contributed by atoms with Crippen molar-refractivity contribution in [3.05, 3.63) is 29.8 Å². The first-order valence-corrected chi connectivity index (χ1v) is 8.74. The third kappa shape index (κ3) is 4.34. The molecule has 23 heavy (non-hydrogen) atoms. The van der Waals surface area contributed by atoms with Gasteiger partial charge < -0.3 is 10.2 Å². The molecule has 0 unspecified atom stereocenters. The predicted octanol–water partition coefficient (Wildman–Crippen LogP) is 3.79. The summed E-state index contributed by atoms with van der Waals surface area (Å²) in [4.78, 5) is 26.4. The lowest BCUT2D eigenvalue weighted by molar-refractivity contribution is -0.128. The second-order valence-electron chi connectivity index (χ2n) is 6.48. The fraction of sp³-hybridized carbons (Fsp3) is 0.579. The Balaban J connectivity index is 2.02. The van der Waals surface area contributed by atoms with Crippen LogP contribution >= 0.6 is 0 Å². The number of carbonyl (C=O) groups excluding carboxylic acids is 2. The van der Waals surface area contributed by atoms with Crippen LogP contribution in [0.2, 0.25) is 0 Å². The molecule has 2 amide bonds. The van der Waals surface area contributed by atoms with Gasteiger partial charge in [-0.1, -0.05) is 45.4 Å². The topological polar surface area (TPSA) is 49.4 Å². The molecule has 1 aliphatic rings. The van der Waals surface area contributed by atoms with Gasteiger partial charge in [-0.05, 0) is 30.4 Å². The van der Waals surface area contributed by atoms with Crippen LogP contribution in [-0.2, 0) is 9.59 Å². The van der Waals surface area contributed by atoms with Gasteiger partial charge in [-0.15, -0.1) is 0 Å². The van der Waals surface area contributed by atoms with Crippen LogP contribution in [0.4, 0.5) is 5.69 Å². The largest absolute Gasteiger partial charge is 0.342 e. The van der Waals surface area contributed by atoms with Crippen LogP contribution in [0.15, 0.2) is 24.3 Å². The first-order chi connectivity index (χ1) is 11.1. The number of hydrogen-bond acceptors (Lipinski definition) is 2. The molecule has 0 bridgehead atoms. The molecular formula is C19H28N2O2. The average molecular weight is 316 g/mol. The lowest BCUT2D eigenvalue weighted by Crippen LogP contribution is -2.29. The second kappa shape index (κ2) is 8.14. The summed E-state index contributed by atoms with van der Waals surface area (Å²) in [5.74, 6) is 0.240. The molecule has 1 N–H and O–H groups in total. The van der Waals surface area contributed by atoms with E-state index in [0.717, 1.165) is 37.1 Å². The van der Waals surface area contributed by atoms with E-state index in [2.05, 4.69) is 32.2 Å². The Hall–Kier alpha value is -1.84. The zero-order chi connectivity index (χ0) is 16.8. The molecule has 2 rings (SSSR count). The maximum atomic E-state index is 12.6. The number of rotatable bonds is 7. The van der Waals surface area contributed by atoms with Gasteiger partial charge in [0.05, 0.1) is 5.92 Å².